The number of carbonyl (C=O) groups is 3. The van der Waals surface area contributed by atoms with Crippen LogP contribution in [0.3, 0.4) is 0 Å². The first-order valence-electron chi connectivity index (χ1n) is 8.80. The van der Waals surface area contributed by atoms with Crippen LogP contribution in [0.25, 0.3) is 0 Å². The summed E-state index contributed by atoms with van der Waals surface area (Å²) >= 11 is 0. The SMILES string of the molecule is CCOC(=O)CC(CN1C(=O)c2ccccc2C1=O)c1cccc(OC)c1. The fourth-order valence-corrected chi connectivity index (χ4v) is 3.23. The number of methoxy groups -OCH3 is 1. The van der Waals surface area contributed by atoms with Gasteiger partial charge in [-0.05, 0) is 36.8 Å². The van der Waals surface area contributed by atoms with E-state index in [-0.39, 0.29) is 43.3 Å². The van der Waals surface area contributed by atoms with E-state index in [1.54, 1.807) is 44.4 Å². The van der Waals surface area contributed by atoms with Gasteiger partial charge in [0, 0.05) is 12.5 Å². The van der Waals surface area contributed by atoms with Crippen molar-refractivity contribution < 1.29 is 23.9 Å². The molecule has 0 radical (unpaired) electrons. The largest absolute Gasteiger partial charge is 0.497 e. The summed E-state index contributed by atoms with van der Waals surface area (Å²) in [5.74, 6) is -0.799. The first-order valence-corrected chi connectivity index (χ1v) is 8.80. The third kappa shape index (κ3) is 3.84. The Morgan fingerprint density at radius 2 is 1.70 bits per heavy atom. The van der Waals surface area contributed by atoms with Crippen LogP contribution >= 0.6 is 0 Å². The molecule has 0 aromatic heterocycles. The number of hydrogen-bond acceptors (Lipinski definition) is 5. The van der Waals surface area contributed by atoms with Crippen LogP contribution in [0.4, 0.5) is 0 Å². The van der Waals surface area contributed by atoms with Gasteiger partial charge in [-0.25, -0.2) is 0 Å². The molecule has 3 rings (SSSR count). The lowest BCUT2D eigenvalue weighted by Gasteiger charge is -2.23. The van der Waals surface area contributed by atoms with Crippen LogP contribution in [0.2, 0.25) is 0 Å². The zero-order valence-electron chi connectivity index (χ0n) is 15.3. The zero-order valence-corrected chi connectivity index (χ0v) is 15.3. The Kier molecular flexibility index (Phi) is 5.54. The van der Waals surface area contributed by atoms with Crippen molar-refractivity contribution in [3.63, 3.8) is 0 Å². The molecule has 1 aliphatic heterocycles. The molecule has 6 nitrogen and oxygen atoms in total. The highest BCUT2D eigenvalue weighted by Gasteiger charge is 2.37. The van der Waals surface area contributed by atoms with Gasteiger partial charge in [0.05, 0.1) is 31.3 Å². The van der Waals surface area contributed by atoms with E-state index >= 15 is 0 Å². The minimum absolute atomic E-state index is 0.0639. The fraction of sp³-hybridized carbons (Fsp3) is 0.286. The van der Waals surface area contributed by atoms with Crippen LogP contribution in [-0.4, -0.2) is 42.9 Å². The first kappa shape index (κ1) is 18.6. The Balaban J connectivity index is 1.88. The summed E-state index contributed by atoms with van der Waals surface area (Å²) in [4.78, 5) is 38.6. The number of amides is 2. The highest BCUT2D eigenvalue weighted by molar-refractivity contribution is 6.21. The molecular formula is C21H21NO5. The molecule has 1 atom stereocenters. The van der Waals surface area contributed by atoms with Crippen LogP contribution in [0, 0.1) is 0 Å². The summed E-state index contributed by atoms with van der Waals surface area (Å²) in [6, 6.07) is 14.0. The molecule has 0 aliphatic carbocycles. The number of rotatable bonds is 7. The number of benzene rings is 2. The van der Waals surface area contributed by atoms with Crippen LogP contribution in [0.15, 0.2) is 48.5 Å². The van der Waals surface area contributed by atoms with Gasteiger partial charge in [-0.15, -0.1) is 0 Å². The molecule has 0 bridgehead atoms. The number of fused-ring (bicyclic) bond motifs is 1. The Bertz CT molecular complexity index is 841. The van der Waals surface area contributed by atoms with E-state index in [2.05, 4.69) is 0 Å². The summed E-state index contributed by atoms with van der Waals surface area (Å²) < 4.78 is 10.3. The van der Waals surface area contributed by atoms with E-state index in [9.17, 15) is 14.4 Å². The van der Waals surface area contributed by atoms with E-state index in [1.165, 1.54) is 4.90 Å². The second kappa shape index (κ2) is 8.03. The summed E-state index contributed by atoms with van der Waals surface area (Å²) in [7, 11) is 1.56. The molecule has 6 heteroatoms. The topological polar surface area (TPSA) is 72.9 Å². The van der Waals surface area contributed by atoms with Gasteiger partial charge in [0.2, 0.25) is 0 Å². The molecular weight excluding hydrogens is 346 g/mol. The fourth-order valence-electron chi connectivity index (χ4n) is 3.23. The standard InChI is InChI=1S/C21H21NO5/c1-3-27-19(23)12-15(14-7-6-8-16(11-14)26-2)13-22-20(24)17-9-4-5-10-18(17)21(22)25/h4-11,15H,3,12-13H2,1-2H3. The third-order valence-electron chi connectivity index (χ3n) is 4.56. The van der Waals surface area contributed by atoms with Crippen LogP contribution in [-0.2, 0) is 9.53 Å². The average molecular weight is 367 g/mol. The van der Waals surface area contributed by atoms with Crippen molar-refractivity contribution in [1.82, 2.24) is 4.90 Å². The van der Waals surface area contributed by atoms with E-state index in [1.807, 2.05) is 18.2 Å². The molecule has 0 N–H and O–H groups in total. The lowest BCUT2D eigenvalue weighted by molar-refractivity contribution is -0.143. The molecule has 1 unspecified atom stereocenters. The van der Waals surface area contributed by atoms with Crippen molar-refractivity contribution in [1.29, 1.82) is 0 Å². The number of carbonyl (C=O) groups excluding carboxylic acids is 3. The summed E-state index contributed by atoms with van der Waals surface area (Å²) in [6.07, 6.45) is 0.0639. The van der Waals surface area contributed by atoms with E-state index in [0.717, 1.165) is 5.56 Å². The molecule has 2 amide bonds. The van der Waals surface area contributed by atoms with Crippen molar-refractivity contribution in [2.24, 2.45) is 0 Å². The summed E-state index contributed by atoms with van der Waals surface area (Å²) in [5.41, 5.74) is 1.59. The average Bonchev–Trinajstić information content (AvgIpc) is 2.93. The zero-order chi connectivity index (χ0) is 19.4. The van der Waals surface area contributed by atoms with Crippen LogP contribution in [0.5, 0.6) is 5.75 Å². The maximum atomic E-state index is 12.7. The molecule has 0 saturated carbocycles. The quantitative estimate of drug-likeness (QED) is 0.556. The second-order valence-corrected chi connectivity index (χ2v) is 6.25. The van der Waals surface area contributed by atoms with Crippen molar-refractivity contribution >= 4 is 17.8 Å². The normalized spacial score (nSPS) is 14.1. The molecule has 27 heavy (non-hydrogen) atoms. The van der Waals surface area contributed by atoms with Crippen LogP contribution in [0.1, 0.15) is 45.5 Å². The predicted octanol–water partition coefficient (Wildman–Crippen LogP) is 3.03. The van der Waals surface area contributed by atoms with Crippen molar-refractivity contribution in [2.45, 2.75) is 19.3 Å². The number of nitrogens with zero attached hydrogens (tertiary/aromatic N) is 1. The highest BCUT2D eigenvalue weighted by atomic mass is 16.5. The van der Waals surface area contributed by atoms with Gasteiger partial charge in [-0.1, -0.05) is 24.3 Å². The van der Waals surface area contributed by atoms with Crippen molar-refractivity contribution in [2.75, 3.05) is 20.3 Å². The lowest BCUT2D eigenvalue weighted by Crippen LogP contribution is -2.34. The molecule has 2 aromatic rings. The number of esters is 1. The van der Waals surface area contributed by atoms with Gasteiger partial charge in [0.25, 0.3) is 11.8 Å². The second-order valence-electron chi connectivity index (χ2n) is 6.25. The van der Waals surface area contributed by atoms with E-state index in [4.69, 9.17) is 9.47 Å². The van der Waals surface area contributed by atoms with Gasteiger partial charge in [0.15, 0.2) is 0 Å². The molecule has 0 fully saturated rings. The molecule has 140 valence electrons. The van der Waals surface area contributed by atoms with Gasteiger partial charge in [0.1, 0.15) is 5.75 Å². The van der Waals surface area contributed by atoms with E-state index in [0.29, 0.717) is 16.9 Å². The summed E-state index contributed by atoms with van der Waals surface area (Å²) in [5, 5.41) is 0. The van der Waals surface area contributed by atoms with Gasteiger partial charge >= 0.3 is 5.97 Å². The minimum Gasteiger partial charge on any atom is -0.497 e. The number of hydrogen-bond donors (Lipinski definition) is 0. The Morgan fingerprint density at radius 3 is 2.30 bits per heavy atom. The van der Waals surface area contributed by atoms with E-state index < -0.39 is 0 Å². The lowest BCUT2D eigenvalue weighted by atomic mass is 9.94. The van der Waals surface area contributed by atoms with Gasteiger partial charge in [-0.3, -0.25) is 19.3 Å². The van der Waals surface area contributed by atoms with Gasteiger partial charge in [-0.2, -0.15) is 0 Å². The molecule has 2 aromatic carbocycles. The maximum absolute atomic E-state index is 12.7. The Morgan fingerprint density at radius 1 is 1.04 bits per heavy atom. The number of ether oxygens (including phenoxy) is 2. The smallest absolute Gasteiger partial charge is 0.306 e. The molecule has 0 saturated heterocycles. The molecule has 0 spiro atoms. The monoisotopic (exact) mass is 367 g/mol. The minimum atomic E-state index is -0.388. The van der Waals surface area contributed by atoms with Crippen LogP contribution < -0.4 is 4.74 Å². The van der Waals surface area contributed by atoms with Crippen molar-refractivity contribution in [3.05, 3.63) is 65.2 Å². The molecule has 1 heterocycles. The Hall–Kier alpha value is -3.15. The molecule has 1 aliphatic rings. The number of imide groups is 1. The summed E-state index contributed by atoms with van der Waals surface area (Å²) in [6.45, 7) is 2.11. The Labute approximate surface area is 157 Å². The predicted molar refractivity (Wildman–Crippen MR) is 98.8 cm³/mol. The third-order valence-corrected chi connectivity index (χ3v) is 4.56. The van der Waals surface area contributed by atoms with Gasteiger partial charge < -0.3 is 9.47 Å². The van der Waals surface area contributed by atoms with Crippen molar-refractivity contribution in [3.8, 4) is 5.75 Å². The first-order chi connectivity index (χ1) is 13.0. The highest BCUT2D eigenvalue weighted by Crippen LogP contribution is 2.29. The maximum Gasteiger partial charge on any atom is 0.306 e.